The fourth-order valence-corrected chi connectivity index (χ4v) is 3.72. The van der Waals surface area contributed by atoms with Gasteiger partial charge >= 0.3 is 0 Å². The van der Waals surface area contributed by atoms with Crippen molar-refractivity contribution >= 4 is 43.2 Å². The Bertz CT molecular complexity index is 506. The van der Waals surface area contributed by atoms with Crippen molar-refractivity contribution in [1.82, 2.24) is 4.72 Å². The number of hydrogen-bond acceptors (Lipinski definition) is 4. The Labute approximate surface area is 113 Å². The number of carbonyl (C=O) groups is 1. The number of carbonyl (C=O) groups excluding carboxylic acids is 1. The van der Waals surface area contributed by atoms with E-state index in [4.69, 9.17) is 0 Å². The molecule has 4 nitrogen and oxygen atoms in total. The molecular formula is C10H12BrNO3S2. The molecule has 0 saturated heterocycles. The summed E-state index contributed by atoms with van der Waals surface area (Å²) in [6.45, 7) is 0. The largest absolute Gasteiger partial charge is 0.274 e. The van der Waals surface area contributed by atoms with E-state index in [2.05, 4.69) is 20.7 Å². The zero-order valence-corrected chi connectivity index (χ0v) is 12.2. The van der Waals surface area contributed by atoms with Crippen LogP contribution in [0.25, 0.3) is 0 Å². The minimum atomic E-state index is -3.56. The van der Waals surface area contributed by atoms with Gasteiger partial charge in [-0.2, -0.15) is 11.3 Å². The van der Waals surface area contributed by atoms with Crippen molar-refractivity contribution in [3.05, 3.63) is 22.4 Å². The zero-order valence-electron chi connectivity index (χ0n) is 8.98. The van der Waals surface area contributed by atoms with Gasteiger partial charge in [-0.3, -0.25) is 9.52 Å². The topological polar surface area (TPSA) is 63.2 Å². The summed E-state index contributed by atoms with van der Waals surface area (Å²) in [6, 6.07) is 1.93. The monoisotopic (exact) mass is 337 g/mol. The Morgan fingerprint density at radius 3 is 2.76 bits per heavy atom. The van der Waals surface area contributed by atoms with Crippen LogP contribution in [0.3, 0.4) is 0 Å². The van der Waals surface area contributed by atoms with Gasteiger partial charge in [0, 0.05) is 6.42 Å². The highest BCUT2D eigenvalue weighted by molar-refractivity contribution is 9.11. The van der Waals surface area contributed by atoms with E-state index in [0.29, 0.717) is 19.3 Å². The molecule has 0 unspecified atom stereocenters. The molecule has 0 spiro atoms. The lowest BCUT2D eigenvalue weighted by atomic mass is 10.2. The molecule has 1 aliphatic rings. The third kappa shape index (κ3) is 3.08. The molecule has 1 heterocycles. The number of aryl methyl sites for hydroxylation is 1. The third-order valence-corrected chi connectivity index (χ3v) is 7.27. The van der Waals surface area contributed by atoms with Crippen LogP contribution in [0.4, 0.5) is 0 Å². The van der Waals surface area contributed by atoms with E-state index >= 15 is 0 Å². The second-order valence-corrected chi connectivity index (χ2v) is 8.86. The molecule has 0 aliphatic heterocycles. The molecule has 7 heteroatoms. The Kier molecular flexibility index (Phi) is 3.61. The van der Waals surface area contributed by atoms with Crippen molar-refractivity contribution in [2.45, 2.75) is 29.3 Å². The van der Waals surface area contributed by atoms with Crippen molar-refractivity contribution < 1.29 is 13.2 Å². The van der Waals surface area contributed by atoms with Gasteiger partial charge in [0.05, 0.1) is 0 Å². The summed E-state index contributed by atoms with van der Waals surface area (Å²) in [5.74, 6) is -0.443. The lowest BCUT2D eigenvalue weighted by Gasteiger charge is -2.10. The lowest BCUT2D eigenvalue weighted by molar-refractivity contribution is -0.119. The first-order chi connectivity index (χ1) is 7.93. The summed E-state index contributed by atoms with van der Waals surface area (Å²) in [6.07, 6.45) is 1.87. The first kappa shape index (κ1) is 13.0. The summed E-state index contributed by atoms with van der Waals surface area (Å²) in [4.78, 5) is 11.5. The van der Waals surface area contributed by atoms with Crippen molar-refractivity contribution in [1.29, 1.82) is 0 Å². The van der Waals surface area contributed by atoms with Crippen LogP contribution in [0, 0.1) is 0 Å². The summed E-state index contributed by atoms with van der Waals surface area (Å²) in [5.41, 5.74) is 1.06. The molecule has 1 amide bonds. The summed E-state index contributed by atoms with van der Waals surface area (Å²) >= 11 is 4.69. The van der Waals surface area contributed by atoms with E-state index in [1.165, 1.54) is 0 Å². The molecular weight excluding hydrogens is 326 g/mol. The Hall–Kier alpha value is -0.400. The number of alkyl halides is 1. The van der Waals surface area contributed by atoms with Crippen LogP contribution in [-0.2, 0) is 21.2 Å². The highest BCUT2D eigenvalue weighted by atomic mass is 79.9. The minimum Gasteiger partial charge on any atom is -0.274 e. The predicted octanol–water partition coefficient (Wildman–Crippen LogP) is 2.01. The fourth-order valence-electron chi connectivity index (χ4n) is 1.35. The summed E-state index contributed by atoms with van der Waals surface area (Å²) in [7, 11) is -3.56. The second kappa shape index (κ2) is 4.70. The van der Waals surface area contributed by atoms with E-state index in [9.17, 15) is 13.2 Å². The van der Waals surface area contributed by atoms with Gasteiger partial charge in [-0.1, -0.05) is 15.9 Å². The van der Waals surface area contributed by atoms with Gasteiger partial charge in [-0.15, -0.1) is 0 Å². The highest BCUT2D eigenvalue weighted by Gasteiger charge is 2.53. The van der Waals surface area contributed by atoms with Gasteiger partial charge in [0.15, 0.2) is 0 Å². The second-order valence-electron chi connectivity index (χ2n) is 4.04. The number of hydrogen-bond donors (Lipinski definition) is 1. The standard InChI is InChI=1S/C10H12BrNO3S2/c11-10(4-5-10)17(14,15)12-9(13)2-1-8-3-6-16-7-8/h3,6-7H,1-2,4-5H2,(H,12,13). The van der Waals surface area contributed by atoms with Crippen molar-refractivity contribution in [3.8, 4) is 0 Å². The predicted molar refractivity (Wildman–Crippen MR) is 70.6 cm³/mol. The molecule has 0 bridgehead atoms. The maximum atomic E-state index is 11.7. The number of thiophene rings is 1. The normalized spacial score (nSPS) is 17.7. The van der Waals surface area contributed by atoms with Gasteiger partial charge in [0.25, 0.3) is 10.0 Å². The van der Waals surface area contributed by atoms with Crippen molar-refractivity contribution in [2.24, 2.45) is 0 Å². The SMILES string of the molecule is O=C(CCc1ccsc1)NS(=O)(=O)C1(Br)CC1. The first-order valence-corrected chi connectivity index (χ1v) is 8.40. The van der Waals surface area contributed by atoms with Crippen LogP contribution >= 0.6 is 27.3 Å². The molecule has 1 N–H and O–H groups in total. The molecule has 94 valence electrons. The van der Waals surface area contributed by atoms with Crippen LogP contribution in [-0.4, -0.2) is 18.0 Å². The smallest absolute Gasteiger partial charge is 0.250 e. The van der Waals surface area contributed by atoms with Gasteiger partial charge in [0.1, 0.15) is 3.66 Å². The number of halogens is 1. The third-order valence-electron chi connectivity index (χ3n) is 2.59. The van der Waals surface area contributed by atoms with Crippen LogP contribution in [0.1, 0.15) is 24.8 Å². The van der Waals surface area contributed by atoms with E-state index < -0.39 is 19.6 Å². The van der Waals surface area contributed by atoms with Crippen molar-refractivity contribution in [2.75, 3.05) is 0 Å². The molecule has 1 aromatic heterocycles. The highest BCUT2D eigenvalue weighted by Crippen LogP contribution is 2.48. The molecule has 0 radical (unpaired) electrons. The minimum absolute atomic E-state index is 0.193. The Balaban J connectivity index is 1.86. The first-order valence-electron chi connectivity index (χ1n) is 5.18. The number of sulfonamides is 1. The van der Waals surface area contributed by atoms with E-state index in [1.807, 2.05) is 16.8 Å². The molecule has 0 aromatic carbocycles. The Morgan fingerprint density at radius 2 is 2.24 bits per heavy atom. The van der Waals surface area contributed by atoms with Crippen LogP contribution in [0.15, 0.2) is 16.8 Å². The fraction of sp³-hybridized carbons (Fsp3) is 0.500. The average molecular weight is 338 g/mol. The quantitative estimate of drug-likeness (QED) is 0.836. The maximum Gasteiger partial charge on any atom is 0.250 e. The average Bonchev–Trinajstić information content (AvgIpc) is 2.82. The molecule has 1 aromatic rings. The molecule has 1 saturated carbocycles. The van der Waals surface area contributed by atoms with Crippen LogP contribution in [0.2, 0.25) is 0 Å². The molecule has 17 heavy (non-hydrogen) atoms. The van der Waals surface area contributed by atoms with Gasteiger partial charge < -0.3 is 0 Å². The molecule has 1 fully saturated rings. The van der Waals surface area contributed by atoms with E-state index in [1.54, 1.807) is 11.3 Å². The number of amides is 1. The lowest BCUT2D eigenvalue weighted by Crippen LogP contribution is -2.37. The number of nitrogens with one attached hydrogen (secondary N) is 1. The van der Waals surface area contributed by atoms with Gasteiger partial charge in [-0.05, 0) is 41.7 Å². The number of rotatable bonds is 5. The van der Waals surface area contributed by atoms with Crippen LogP contribution in [0.5, 0.6) is 0 Å². The van der Waals surface area contributed by atoms with Crippen molar-refractivity contribution in [3.63, 3.8) is 0 Å². The zero-order chi connectivity index (χ0) is 12.5. The maximum absolute atomic E-state index is 11.7. The molecule has 1 aliphatic carbocycles. The molecule has 0 atom stereocenters. The molecule has 2 rings (SSSR count). The summed E-state index contributed by atoms with van der Waals surface area (Å²) < 4.78 is 24.6. The summed E-state index contributed by atoms with van der Waals surface area (Å²) in [5, 5.41) is 3.89. The Morgan fingerprint density at radius 1 is 1.53 bits per heavy atom. The van der Waals surface area contributed by atoms with Crippen LogP contribution < -0.4 is 4.72 Å². The van der Waals surface area contributed by atoms with E-state index in [-0.39, 0.29) is 6.42 Å². The van der Waals surface area contributed by atoms with Gasteiger partial charge in [0.2, 0.25) is 5.91 Å². The van der Waals surface area contributed by atoms with Gasteiger partial charge in [-0.25, -0.2) is 8.42 Å². The van der Waals surface area contributed by atoms with E-state index in [0.717, 1.165) is 5.56 Å².